The highest BCUT2D eigenvalue weighted by Gasteiger charge is 2.32. The van der Waals surface area contributed by atoms with Crippen LogP contribution in [0.1, 0.15) is 22.3 Å². The Morgan fingerprint density at radius 1 is 1.00 bits per heavy atom. The SMILES string of the molecule is COc1ccc(CN(C)c2ccc3c(c2)CO/C3=C2/C(=O)Nc3ccccc32)c(OC)c1. The van der Waals surface area contributed by atoms with E-state index in [1.54, 1.807) is 14.2 Å². The van der Waals surface area contributed by atoms with Gasteiger partial charge in [-0.3, -0.25) is 4.79 Å². The molecule has 2 heterocycles. The predicted octanol–water partition coefficient (Wildman–Crippen LogP) is 4.69. The fraction of sp³-hybridized carbons (Fsp3) is 0.192. The molecule has 32 heavy (non-hydrogen) atoms. The molecule has 5 rings (SSSR count). The van der Waals surface area contributed by atoms with Crippen LogP contribution in [-0.4, -0.2) is 27.2 Å². The zero-order valence-corrected chi connectivity index (χ0v) is 18.3. The summed E-state index contributed by atoms with van der Waals surface area (Å²) in [7, 11) is 5.35. The van der Waals surface area contributed by atoms with Crippen molar-refractivity contribution in [3.05, 3.63) is 82.9 Å². The number of nitrogens with one attached hydrogen (secondary N) is 1. The molecule has 6 nitrogen and oxygen atoms in total. The fourth-order valence-electron chi connectivity index (χ4n) is 4.26. The lowest BCUT2D eigenvalue weighted by atomic mass is 10.00. The number of ether oxygens (including phenoxy) is 3. The third kappa shape index (κ3) is 3.34. The van der Waals surface area contributed by atoms with Gasteiger partial charge >= 0.3 is 0 Å². The predicted molar refractivity (Wildman–Crippen MR) is 125 cm³/mol. The summed E-state index contributed by atoms with van der Waals surface area (Å²) in [5, 5.41) is 2.93. The third-order valence-corrected chi connectivity index (χ3v) is 5.95. The number of carbonyl (C=O) groups is 1. The largest absolute Gasteiger partial charge is 0.497 e. The molecule has 6 heteroatoms. The van der Waals surface area contributed by atoms with Crippen LogP contribution in [0.4, 0.5) is 11.4 Å². The third-order valence-electron chi connectivity index (χ3n) is 5.95. The van der Waals surface area contributed by atoms with E-state index in [2.05, 4.69) is 22.3 Å². The first-order chi connectivity index (χ1) is 15.6. The van der Waals surface area contributed by atoms with E-state index in [4.69, 9.17) is 14.2 Å². The number of amides is 1. The maximum atomic E-state index is 12.6. The quantitative estimate of drug-likeness (QED) is 0.598. The summed E-state index contributed by atoms with van der Waals surface area (Å²) in [6.45, 7) is 1.12. The molecule has 3 aromatic rings. The minimum absolute atomic E-state index is 0.123. The van der Waals surface area contributed by atoms with Gasteiger partial charge in [-0.05, 0) is 36.4 Å². The number of anilines is 2. The number of para-hydroxylation sites is 1. The summed E-state index contributed by atoms with van der Waals surface area (Å²) < 4.78 is 16.8. The summed E-state index contributed by atoms with van der Waals surface area (Å²) >= 11 is 0. The second kappa shape index (κ2) is 7.96. The van der Waals surface area contributed by atoms with Crippen LogP contribution in [0.5, 0.6) is 11.5 Å². The van der Waals surface area contributed by atoms with Crippen molar-refractivity contribution in [3.63, 3.8) is 0 Å². The van der Waals surface area contributed by atoms with Gasteiger partial charge in [0.15, 0.2) is 0 Å². The first kappa shape index (κ1) is 20.0. The smallest absolute Gasteiger partial charge is 0.260 e. The summed E-state index contributed by atoms with van der Waals surface area (Å²) in [4.78, 5) is 14.8. The number of methoxy groups -OCH3 is 2. The van der Waals surface area contributed by atoms with Crippen LogP contribution in [0.25, 0.3) is 11.3 Å². The molecule has 0 unspecified atom stereocenters. The summed E-state index contributed by atoms with van der Waals surface area (Å²) in [5.41, 5.74) is 6.46. The molecule has 0 saturated carbocycles. The Labute approximate surface area is 187 Å². The number of fused-ring (bicyclic) bond motifs is 2. The highest BCUT2D eigenvalue weighted by Crippen LogP contribution is 2.42. The van der Waals surface area contributed by atoms with E-state index in [9.17, 15) is 4.79 Å². The maximum absolute atomic E-state index is 12.6. The van der Waals surface area contributed by atoms with Gasteiger partial charge in [-0.2, -0.15) is 0 Å². The van der Waals surface area contributed by atoms with Crippen molar-refractivity contribution in [2.75, 3.05) is 31.5 Å². The molecule has 0 atom stereocenters. The minimum atomic E-state index is -0.123. The van der Waals surface area contributed by atoms with Crippen LogP contribution in [0.3, 0.4) is 0 Å². The van der Waals surface area contributed by atoms with E-state index in [0.717, 1.165) is 45.1 Å². The number of nitrogens with zero attached hydrogens (tertiary/aromatic N) is 1. The standard InChI is InChI=1S/C26H24N2O4/c1-28(14-16-8-10-19(30-2)13-23(16)31-3)18-9-11-20-17(12-18)15-32-25(20)24-21-6-4-5-7-22(21)27-26(24)29/h4-13H,14-15H2,1-3H3,(H,27,29)/b25-24+. The van der Waals surface area contributed by atoms with Crippen molar-refractivity contribution < 1.29 is 19.0 Å². The van der Waals surface area contributed by atoms with E-state index >= 15 is 0 Å². The lowest BCUT2D eigenvalue weighted by Gasteiger charge is -2.21. The summed E-state index contributed by atoms with van der Waals surface area (Å²) in [6.07, 6.45) is 0. The number of carbonyl (C=O) groups excluding carboxylic acids is 1. The zero-order chi connectivity index (χ0) is 22.2. The van der Waals surface area contributed by atoms with Crippen molar-refractivity contribution in [2.45, 2.75) is 13.2 Å². The van der Waals surface area contributed by atoms with Crippen molar-refractivity contribution in [1.29, 1.82) is 0 Å². The molecule has 0 fully saturated rings. The minimum Gasteiger partial charge on any atom is -0.497 e. The van der Waals surface area contributed by atoms with Crippen molar-refractivity contribution in [1.82, 2.24) is 0 Å². The molecule has 0 saturated heterocycles. The van der Waals surface area contributed by atoms with Crippen molar-refractivity contribution in [2.24, 2.45) is 0 Å². The average Bonchev–Trinajstić information content (AvgIpc) is 3.38. The van der Waals surface area contributed by atoms with Gasteiger partial charge < -0.3 is 24.4 Å². The van der Waals surface area contributed by atoms with E-state index in [1.807, 2.05) is 55.6 Å². The highest BCUT2D eigenvalue weighted by atomic mass is 16.5. The van der Waals surface area contributed by atoms with E-state index in [-0.39, 0.29) is 5.91 Å². The Hall–Kier alpha value is -3.93. The molecule has 0 spiro atoms. The molecular weight excluding hydrogens is 404 g/mol. The first-order valence-electron chi connectivity index (χ1n) is 10.4. The molecule has 3 aromatic carbocycles. The summed E-state index contributed by atoms with van der Waals surface area (Å²) in [5.74, 6) is 2.08. The number of benzene rings is 3. The van der Waals surface area contributed by atoms with Gasteiger partial charge in [0.1, 0.15) is 23.9 Å². The lowest BCUT2D eigenvalue weighted by Crippen LogP contribution is -2.17. The van der Waals surface area contributed by atoms with E-state index < -0.39 is 0 Å². The van der Waals surface area contributed by atoms with Crippen molar-refractivity contribution in [3.8, 4) is 11.5 Å². The first-order valence-corrected chi connectivity index (χ1v) is 10.4. The van der Waals surface area contributed by atoms with Crippen molar-refractivity contribution >= 4 is 28.6 Å². The molecule has 0 radical (unpaired) electrons. The van der Waals surface area contributed by atoms with Gasteiger partial charge in [-0.1, -0.05) is 18.2 Å². The van der Waals surface area contributed by atoms with E-state index in [0.29, 0.717) is 24.5 Å². The van der Waals surface area contributed by atoms with Crippen LogP contribution in [0.2, 0.25) is 0 Å². The van der Waals surface area contributed by atoms with Gasteiger partial charge in [-0.15, -0.1) is 0 Å². The molecule has 1 N–H and O–H groups in total. The molecule has 2 aliphatic heterocycles. The number of hydrogen-bond acceptors (Lipinski definition) is 5. The van der Waals surface area contributed by atoms with Crippen LogP contribution in [0, 0.1) is 0 Å². The zero-order valence-electron chi connectivity index (χ0n) is 18.3. The van der Waals surface area contributed by atoms with E-state index in [1.165, 1.54) is 0 Å². The number of hydrogen-bond donors (Lipinski definition) is 1. The molecule has 0 bridgehead atoms. The van der Waals surface area contributed by atoms with Gasteiger partial charge in [-0.25, -0.2) is 0 Å². The lowest BCUT2D eigenvalue weighted by molar-refractivity contribution is -0.110. The van der Waals surface area contributed by atoms with Gasteiger partial charge in [0.25, 0.3) is 5.91 Å². The van der Waals surface area contributed by atoms with Crippen LogP contribution in [-0.2, 0) is 22.7 Å². The monoisotopic (exact) mass is 428 g/mol. The Morgan fingerprint density at radius 2 is 1.84 bits per heavy atom. The molecule has 0 aromatic heterocycles. The normalized spacial score (nSPS) is 16.2. The molecule has 1 amide bonds. The molecule has 2 aliphatic rings. The second-order valence-electron chi connectivity index (χ2n) is 7.87. The van der Waals surface area contributed by atoms with Gasteiger partial charge in [0.2, 0.25) is 0 Å². The molecule has 0 aliphatic carbocycles. The fourth-order valence-corrected chi connectivity index (χ4v) is 4.26. The molecule has 162 valence electrons. The Morgan fingerprint density at radius 3 is 2.66 bits per heavy atom. The average molecular weight is 428 g/mol. The van der Waals surface area contributed by atoms with Crippen LogP contribution in [0.15, 0.2) is 60.7 Å². The highest BCUT2D eigenvalue weighted by molar-refractivity contribution is 6.36. The van der Waals surface area contributed by atoms with Crippen LogP contribution >= 0.6 is 0 Å². The Balaban J connectivity index is 1.44. The number of rotatable bonds is 5. The second-order valence-corrected chi connectivity index (χ2v) is 7.87. The Kier molecular flexibility index (Phi) is 4.98. The van der Waals surface area contributed by atoms with Gasteiger partial charge in [0, 0.05) is 53.3 Å². The summed E-state index contributed by atoms with van der Waals surface area (Å²) in [6, 6.07) is 19.8. The Bertz CT molecular complexity index is 1250. The van der Waals surface area contributed by atoms with Gasteiger partial charge in [0.05, 0.1) is 19.8 Å². The van der Waals surface area contributed by atoms with Crippen LogP contribution < -0.4 is 19.7 Å². The maximum Gasteiger partial charge on any atom is 0.260 e. The topological polar surface area (TPSA) is 60.0 Å². The molecular formula is C26H24N2O4.